The second-order valence-corrected chi connectivity index (χ2v) is 9.26. The summed E-state index contributed by atoms with van der Waals surface area (Å²) in [6, 6.07) is 32.2. The number of rotatable bonds is 4. The first-order valence-corrected chi connectivity index (χ1v) is 12.4. The molecule has 178 valence electrons. The molecule has 2 heterocycles. The summed E-state index contributed by atoms with van der Waals surface area (Å²) in [5.74, 6) is 0. The number of nitriles is 1. The van der Waals surface area contributed by atoms with Crippen LogP contribution in [0, 0.1) is 11.3 Å². The maximum Gasteiger partial charge on any atom is 0.101 e. The molecule has 4 aromatic carbocycles. The highest BCUT2D eigenvalue weighted by atomic mass is 15.0. The van der Waals surface area contributed by atoms with E-state index in [-0.39, 0.29) is 6.04 Å². The van der Waals surface area contributed by atoms with Gasteiger partial charge in [-0.15, -0.1) is 0 Å². The number of dihydropyridines is 1. The molecule has 1 atom stereocenters. The highest BCUT2D eigenvalue weighted by Gasteiger charge is 2.20. The Labute approximate surface area is 215 Å². The molecular weight excluding hydrogens is 452 g/mol. The summed E-state index contributed by atoms with van der Waals surface area (Å²) in [7, 11) is 0. The fourth-order valence-electron chi connectivity index (χ4n) is 5.32. The van der Waals surface area contributed by atoms with Gasteiger partial charge in [-0.05, 0) is 59.7 Å². The van der Waals surface area contributed by atoms with Gasteiger partial charge < -0.3 is 15.6 Å². The molecule has 3 N–H and O–H groups in total. The van der Waals surface area contributed by atoms with E-state index in [1.165, 1.54) is 38.8 Å². The minimum absolute atomic E-state index is 0.0438. The Kier molecular flexibility index (Phi) is 5.59. The van der Waals surface area contributed by atoms with Crippen molar-refractivity contribution in [3.63, 3.8) is 0 Å². The SMILES string of the molecule is C/C(=C\C(C#N)=C/N)C1C=CC=C(c2cc3c(c4ccccc24)c2ccccc2n3-c2ccccc2)N1. The molecular formula is C33H26N4. The fourth-order valence-corrected chi connectivity index (χ4v) is 5.32. The van der Waals surface area contributed by atoms with Crippen LogP contribution in [-0.2, 0) is 0 Å². The van der Waals surface area contributed by atoms with Crippen molar-refractivity contribution in [2.45, 2.75) is 13.0 Å². The predicted molar refractivity (Wildman–Crippen MR) is 154 cm³/mol. The van der Waals surface area contributed by atoms with Crippen LogP contribution in [0.15, 0.2) is 127 Å². The van der Waals surface area contributed by atoms with Gasteiger partial charge >= 0.3 is 0 Å². The van der Waals surface area contributed by atoms with Crippen molar-refractivity contribution in [3.05, 3.63) is 132 Å². The highest BCUT2D eigenvalue weighted by molar-refractivity contribution is 6.23. The van der Waals surface area contributed by atoms with Gasteiger partial charge in [0.15, 0.2) is 0 Å². The molecule has 0 spiro atoms. The lowest BCUT2D eigenvalue weighted by Crippen LogP contribution is -2.29. The fraction of sp³-hybridized carbons (Fsp3) is 0.0606. The molecule has 0 amide bonds. The largest absolute Gasteiger partial charge is 0.404 e. The van der Waals surface area contributed by atoms with Gasteiger partial charge in [0.05, 0.1) is 22.6 Å². The molecule has 4 heteroatoms. The lowest BCUT2D eigenvalue weighted by Gasteiger charge is -2.24. The summed E-state index contributed by atoms with van der Waals surface area (Å²) >= 11 is 0. The van der Waals surface area contributed by atoms with E-state index in [2.05, 4.69) is 119 Å². The Morgan fingerprint density at radius 1 is 0.919 bits per heavy atom. The number of aromatic nitrogens is 1. The van der Waals surface area contributed by atoms with Crippen LogP contribution in [0.4, 0.5) is 0 Å². The van der Waals surface area contributed by atoms with E-state index in [1.807, 2.05) is 13.0 Å². The molecule has 37 heavy (non-hydrogen) atoms. The number of nitrogens with zero attached hydrogens (tertiary/aromatic N) is 2. The summed E-state index contributed by atoms with van der Waals surface area (Å²) in [5, 5.41) is 17.9. The standard InChI is InChI=1S/C33H26N4/c1-22(18-23(20-34)21-35)29-15-9-16-30(36-29)28-19-32-33(26-13-6-5-12-25(26)28)27-14-7-8-17-31(27)37(32)24-10-3-2-4-11-24/h2-20,29,36H,34H2,1H3/b22-18+,23-20+. The summed E-state index contributed by atoms with van der Waals surface area (Å²) in [6.07, 6.45) is 9.48. The zero-order valence-corrected chi connectivity index (χ0v) is 20.5. The van der Waals surface area contributed by atoms with Crippen LogP contribution >= 0.6 is 0 Å². The van der Waals surface area contributed by atoms with E-state index >= 15 is 0 Å². The first-order chi connectivity index (χ1) is 18.2. The minimum Gasteiger partial charge on any atom is -0.404 e. The van der Waals surface area contributed by atoms with Crippen molar-refractivity contribution in [3.8, 4) is 11.8 Å². The van der Waals surface area contributed by atoms with Gasteiger partial charge in [-0.3, -0.25) is 0 Å². The molecule has 0 saturated carbocycles. The van der Waals surface area contributed by atoms with Crippen LogP contribution in [0.3, 0.4) is 0 Å². The van der Waals surface area contributed by atoms with Gasteiger partial charge in [-0.25, -0.2) is 0 Å². The number of hydrogen-bond donors (Lipinski definition) is 2. The predicted octanol–water partition coefficient (Wildman–Crippen LogP) is 7.12. The van der Waals surface area contributed by atoms with Crippen molar-refractivity contribution in [1.29, 1.82) is 5.26 Å². The third-order valence-electron chi connectivity index (χ3n) is 7.04. The van der Waals surface area contributed by atoms with Crippen LogP contribution in [0.25, 0.3) is 44.0 Å². The second kappa shape index (κ2) is 9.22. The second-order valence-electron chi connectivity index (χ2n) is 9.26. The molecule has 0 bridgehead atoms. The van der Waals surface area contributed by atoms with E-state index in [9.17, 15) is 5.26 Å². The molecule has 1 unspecified atom stereocenters. The Morgan fingerprint density at radius 3 is 2.38 bits per heavy atom. The molecule has 0 saturated heterocycles. The number of nitrogens with two attached hydrogens (primary N) is 1. The zero-order chi connectivity index (χ0) is 25.4. The van der Waals surface area contributed by atoms with E-state index in [0.717, 1.165) is 22.5 Å². The monoisotopic (exact) mass is 478 g/mol. The Morgan fingerprint density at radius 2 is 1.62 bits per heavy atom. The first-order valence-electron chi connectivity index (χ1n) is 12.4. The Hall–Kier alpha value is -5.01. The van der Waals surface area contributed by atoms with Gasteiger partial charge in [0.25, 0.3) is 0 Å². The molecule has 1 aliphatic rings. The van der Waals surface area contributed by atoms with Crippen LogP contribution in [0.5, 0.6) is 0 Å². The lowest BCUT2D eigenvalue weighted by molar-refractivity contribution is 0.802. The molecule has 1 aliphatic heterocycles. The summed E-state index contributed by atoms with van der Waals surface area (Å²) in [6.45, 7) is 2.01. The van der Waals surface area contributed by atoms with E-state index < -0.39 is 0 Å². The third-order valence-corrected chi connectivity index (χ3v) is 7.04. The normalized spacial score (nSPS) is 16.1. The van der Waals surface area contributed by atoms with E-state index in [4.69, 9.17) is 5.73 Å². The molecule has 0 radical (unpaired) electrons. The number of nitrogens with one attached hydrogen (secondary N) is 1. The topological polar surface area (TPSA) is 66.8 Å². The van der Waals surface area contributed by atoms with Gasteiger partial charge in [0, 0.05) is 33.9 Å². The van der Waals surface area contributed by atoms with Crippen LogP contribution in [0.2, 0.25) is 0 Å². The van der Waals surface area contributed by atoms with Crippen molar-refractivity contribution < 1.29 is 0 Å². The third kappa shape index (κ3) is 3.78. The average Bonchev–Trinajstić information content (AvgIpc) is 3.30. The van der Waals surface area contributed by atoms with Crippen LogP contribution in [0.1, 0.15) is 12.5 Å². The number of hydrogen-bond acceptors (Lipinski definition) is 3. The highest BCUT2D eigenvalue weighted by Crippen LogP contribution is 2.40. The minimum atomic E-state index is -0.0438. The molecule has 0 fully saturated rings. The van der Waals surface area contributed by atoms with Crippen molar-refractivity contribution in [2.24, 2.45) is 5.73 Å². The van der Waals surface area contributed by atoms with Crippen LogP contribution in [-0.4, -0.2) is 10.6 Å². The zero-order valence-electron chi connectivity index (χ0n) is 20.5. The maximum absolute atomic E-state index is 9.31. The van der Waals surface area contributed by atoms with Crippen molar-refractivity contribution in [1.82, 2.24) is 9.88 Å². The van der Waals surface area contributed by atoms with Crippen molar-refractivity contribution in [2.75, 3.05) is 0 Å². The van der Waals surface area contributed by atoms with Gasteiger partial charge in [0.2, 0.25) is 0 Å². The number of benzene rings is 4. The van der Waals surface area contributed by atoms with Gasteiger partial charge in [-0.2, -0.15) is 5.26 Å². The molecule has 4 nitrogen and oxygen atoms in total. The van der Waals surface area contributed by atoms with Gasteiger partial charge in [0.1, 0.15) is 6.07 Å². The molecule has 0 aliphatic carbocycles. The molecule has 5 aromatic rings. The number of fused-ring (bicyclic) bond motifs is 5. The van der Waals surface area contributed by atoms with Crippen molar-refractivity contribution >= 4 is 38.3 Å². The first kappa shape index (κ1) is 22.5. The quantitative estimate of drug-likeness (QED) is 0.213. The summed E-state index contributed by atoms with van der Waals surface area (Å²) < 4.78 is 2.35. The Bertz CT molecular complexity index is 1830. The summed E-state index contributed by atoms with van der Waals surface area (Å²) in [5.41, 5.74) is 12.7. The van der Waals surface area contributed by atoms with E-state index in [0.29, 0.717) is 5.57 Å². The van der Waals surface area contributed by atoms with Crippen LogP contribution < -0.4 is 11.1 Å². The number of para-hydroxylation sites is 2. The van der Waals surface area contributed by atoms with Gasteiger partial charge in [-0.1, -0.05) is 72.8 Å². The maximum atomic E-state index is 9.31. The van der Waals surface area contributed by atoms with E-state index in [1.54, 1.807) is 0 Å². The Balaban J connectivity index is 1.60. The molecule has 1 aromatic heterocycles. The summed E-state index contributed by atoms with van der Waals surface area (Å²) in [4.78, 5) is 0. The number of allylic oxidation sites excluding steroid dienone is 4. The smallest absolute Gasteiger partial charge is 0.101 e. The lowest BCUT2D eigenvalue weighted by atomic mass is 9.95. The molecule has 6 rings (SSSR count). The average molecular weight is 479 g/mol.